The molecule has 2 rings (SSSR count). The van der Waals surface area contributed by atoms with Crippen molar-refractivity contribution in [1.82, 2.24) is 10.9 Å². The van der Waals surface area contributed by atoms with Gasteiger partial charge in [-0.3, -0.25) is 20.4 Å². The van der Waals surface area contributed by atoms with Gasteiger partial charge in [0.05, 0.1) is 11.1 Å². The molecule has 102 valence electrons. The maximum atomic E-state index is 11.8. The van der Waals surface area contributed by atoms with E-state index in [0.717, 1.165) is 0 Å². The van der Waals surface area contributed by atoms with Gasteiger partial charge in [-0.25, -0.2) is 0 Å². The minimum atomic E-state index is -0.619. The predicted octanol–water partition coefficient (Wildman–Crippen LogP) is 1.05. The Hall–Kier alpha value is -3.02. The average Bonchev–Trinajstić information content (AvgIpc) is 2.45. The Morgan fingerprint density at radius 1 is 0.850 bits per heavy atom. The third-order valence-electron chi connectivity index (χ3n) is 2.64. The molecular formula is C14H13N3O3. The summed E-state index contributed by atoms with van der Waals surface area (Å²) in [6.45, 7) is 0. The fraction of sp³-hybridized carbons (Fsp3) is 0. The second-order valence-electron chi connectivity index (χ2n) is 4.01. The highest BCUT2D eigenvalue weighted by atomic mass is 16.3. The molecule has 0 fully saturated rings. The summed E-state index contributed by atoms with van der Waals surface area (Å²) in [4.78, 5) is 23.6. The van der Waals surface area contributed by atoms with Gasteiger partial charge in [-0.15, -0.1) is 0 Å². The molecule has 0 radical (unpaired) electrons. The number of carbonyl (C=O) groups excluding carboxylic acids is 2. The van der Waals surface area contributed by atoms with Crippen LogP contribution in [0.1, 0.15) is 20.7 Å². The predicted molar refractivity (Wildman–Crippen MR) is 73.9 cm³/mol. The summed E-state index contributed by atoms with van der Waals surface area (Å²) in [5, 5.41) is 9.51. The fourth-order valence-corrected chi connectivity index (χ4v) is 1.62. The first-order valence-electron chi connectivity index (χ1n) is 5.83. The van der Waals surface area contributed by atoms with Crippen molar-refractivity contribution in [3.8, 4) is 5.75 Å². The number of phenolic OH excluding ortho intramolecular Hbond substituents is 1. The van der Waals surface area contributed by atoms with Crippen LogP contribution in [0.2, 0.25) is 0 Å². The largest absolute Gasteiger partial charge is 0.507 e. The molecule has 0 spiro atoms. The lowest BCUT2D eigenvalue weighted by Crippen LogP contribution is -2.41. The molecule has 0 aromatic heterocycles. The van der Waals surface area contributed by atoms with Gasteiger partial charge in [0.25, 0.3) is 11.8 Å². The molecule has 5 N–H and O–H groups in total. The molecular weight excluding hydrogens is 258 g/mol. The summed E-state index contributed by atoms with van der Waals surface area (Å²) >= 11 is 0. The molecule has 0 atom stereocenters. The van der Waals surface area contributed by atoms with E-state index >= 15 is 0 Å². The van der Waals surface area contributed by atoms with Gasteiger partial charge in [-0.2, -0.15) is 0 Å². The molecule has 2 amide bonds. The zero-order valence-electron chi connectivity index (χ0n) is 10.5. The number of aromatic hydroxyl groups is 1. The van der Waals surface area contributed by atoms with Crippen molar-refractivity contribution in [2.45, 2.75) is 0 Å². The van der Waals surface area contributed by atoms with E-state index in [1.807, 2.05) is 0 Å². The summed E-state index contributed by atoms with van der Waals surface area (Å²) in [5.74, 6) is -1.32. The standard InChI is InChI=1S/C14H13N3O3/c15-11-7-3-1-5-9(11)13(19)16-17-14(20)10-6-2-4-8-12(10)18/h1-8,18H,15H2,(H,16,19)(H,17,20). The lowest BCUT2D eigenvalue weighted by atomic mass is 10.2. The number of rotatable bonds is 2. The lowest BCUT2D eigenvalue weighted by molar-refractivity contribution is 0.0845. The van der Waals surface area contributed by atoms with Crippen LogP contribution in [-0.2, 0) is 0 Å². The highest BCUT2D eigenvalue weighted by Crippen LogP contribution is 2.15. The number of carbonyl (C=O) groups is 2. The molecule has 0 aliphatic rings. The Bertz CT molecular complexity index is 598. The van der Waals surface area contributed by atoms with Crippen molar-refractivity contribution in [3.05, 3.63) is 59.7 Å². The Kier molecular flexibility index (Phi) is 3.85. The molecule has 2 aromatic rings. The number of anilines is 1. The molecule has 0 unspecified atom stereocenters. The van der Waals surface area contributed by atoms with Crippen molar-refractivity contribution in [1.29, 1.82) is 0 Å². The van der Waals surface area contributed by atoms with Crippen molar-refractivity contribution in [2.24, 2.45) is 0 Å². The maximum absolute atomic E-state index is 11.8. The third kappa shape index (κ3) is 2.86. The third-order valence-corrected chi connectivity index (χ3v) is 2.64. The Morgan fingerprint density at radius 3 is 1.95 bits per heavy atom. The van der Waals surface area contributed by atoms with Gasteiger partial charge < -0.3 is 10.8 Å². The van der Waals surface area contributed by atoms with Crippen LogP contribution in [-0.4, -0.2) is 16.9 Å². The number of phenols is 1. The number of nitrogen functional groups attached to an aromatic ring is 1. The number of benzene rings is 2. The summed E-state index contributed by atoms with van der Waals surface area (Å²) < 4.78 is 0. The zero-order valence-corrected chi connectivity index (χ0v) is 10.5. The maximum Gasteiger partial charge on any atom is 0.273 e. The molecule has 0 aliphatic carbocycles. The SMILES string of the molecule is Nc1ccccc1C(=O)NNC(=O)c1ccccc1O. The second kappa shape index (κ2) is 5.75. The fourth-order valence-electron chi connectivity index (χ4n) is 1.62. The van der Waals surface area contributed by atoms with E-state index in [9.17, 15) is 14.7 Å². The molecule has 0 saturated carbocycles. The van der Waals surface area contributed by atoms with Gasteiger partial charge in [0.2, 0.25) is 0 Å². The number of nitrogens with two attached hydrogens (primary N) is 1. The van der Waals surface area contributed by atoms with Crippen molar-refractivity contribution in [3.63, 3.8) is 0 Å². The summed E-state index contributed by atoms with van der Waals surface area (Å²) in [6, 6.07) is 12.5. The van der Waals surface area contributed by atoms with E-state index in [-0.39, 0.29) is 16.9 Å². The Labute approximate surface area is 115 Å². The van der Waals surface area contributed by atoms with Gasteiger partial charge in [0.15, 0.2) is 0 Å². The van der Waals surface area contributed by atoms with E-state index in [1.165, 1.54) is 18.2 Å². The highest BCUT2D eigenvalue weighted by Gasteiger charge is 2.13. The van der Waals surface area contributed by atoms with Crippen molar-refractivity contribution < 1.29 is 14.7 Å². The van der Waals surface area contributed by atoms with E-state index in [1.54, 1.807) is 30.3 Å². The van der Waals surface area contributed by atoms with Gasteiger partial charge in [-0.05, 0) is 24.3 Å². The van der Waals surface area contributed by atoms with Crippen LogP contribution in [0.5, 0.6) is 5.75 Å². The number of hydrazine groups is 1. The van der Waals surface area contributed by atoms with Gasteiger partial charge in [0.1, 0.15) is 5.75 Å². The number of para-hydroxylation sites is 2. The molecule has 20 heavy (non-hydrogen) atoms. The molecule has 6 heteroatoms. The summed E-state index contributed by atoms with van der Waals surface area (Å²) in [7, 11) is 0. The summed E-state index contributed by atoms with van der Waals surface area (Å²) in [6.07, 6.45) is 0. The van der Waals surface area contributed by atoms with Crippen LogP contribution in [0.4, 0.5) is 5.69 Å². The average molecular weight is 271 g/mol. The number of hydrogen-bond donors (Lipinski definition) is 4. The second-order valence-corrected chi connectivity index (χ2v) is 4.01. The first-order valence-corrected chi connectivity index (χ1v) is 5.83. The summed E-state index contributed by atoms with van der Waals surface area (Å²) in [5.41, 5.74) is 10.7. The quantitative estimate of drug-likeness (QED) is 0.484. The number of hydrogen-bond acceptors (Lipinski definition) is 4. The monoisotopic (exact) mass is 271 g/mol. The van der Waals surface area contributed by atoms with Crippen LogP contribution >= 0.6 is 0 Å². The molecule has 2 aromatic carbocycles. The van der Waals surface area contributed by atoms with E-state index in [0.29, 0.717) is 5.69 Å². The first kappa shape index (κ1) is 13.4. The minimum Gasteiger partial charge on any atom is -0.507 e. The van der Waals surface area contributed by atoms with Crippen LogP contribution in [0, 0.1) is 0 Å². The molecule has 0 aliphatic heterocycles. The van der Waals surface area contributed by atoms with Gasteiger partial charge in [-0.1, -0.05) is 24.3 Å². The molecule has 0 heterocycles. The minimum absolute atomic E-state index is 0.0637. The molecule has 6 nitrogen and oxygen atoms in total. The van der Waals surface area contributed by atoms with E-state index in [4.69, 9.17) is 5.73 Å². The van der Waals surface area contributed by atoms with Gasteiger partial charge in [0, 0.05) is 5.69 Å². The highest BCUT2D eigenvalue weighted by molar-refractivity contribution is 6.02. The van der Waals surface area contributed by atoms with Crippen LogP contribution in [0.25, 0.3) is 0 Å². The van der Waals surface area contributed by atoms with E-state index < -0.39 is 11.8 Å². The van der Waals surface area contributed by atoms with Crippen LogP contribution in [0.3, 0.4) is 0 Å². The Morgan fingerprint density at radius 2 is 1.35 bits per heavy atom. The molecule has 0 bridgehead atoms. The van der Waals surface area contributed by atoms with E-state index in [2.05, 4.69) is 10.9 Å². The smallest absolute Gasteiger partial charge is 0.273 e. The normalized spacial score (nSPS) is 9.80. The number of nitrogens with one attached hydrogen (secondary N) is 2. The first-order chi connectivity index (χ1) is 9.59. The van der Waals surface area contributed by atoms with Gasteiger partial charge >= 0.3 is 0 Å². The van der Waals surface area contributed by atoms with Crippen molar-refractivity contribution >= 4 is 17.5 Å². The number of amides is 2. The Balaban J connectivity index is 2.03. The topological polar surface area (TPSA) is 104 Å². The molecule has 0 saturated heterocycles. The van der Waals surface area contributed by atoms with Crippen LogP contribution in [0.15, 0.2) is 48.5 Å². The zero-order chi connectivity index (χ0) is 14.5. The van der Waals surface area contributed by atoms with Crippen molar-refractivity contribution in [2.75, 3.05) is 5.73 Å². The lowest BCUT2D eigenvalue weighted by Gasteiger charge is -2.09. The van der Waals surface area contributed by atoms with Crippen LogP contribution < -0.4 is 16.6 Å².